The first-order valence-electron chi connectivity index (χ1n) is 6.94. The number of esters is 2. The van der Waals surface area contributed by atoms with Gasteiger partial charge in [0.25, 0.3) is 0 Å². The van der Waals surface area contributed by atoms with Gasteiger partial charge >= 0.3 is 11.9 Å². The Morgan fingerprint density at radius 3 is 2.64 bits per heavy atom. The van der Waals surface area contributed by atoms with Crippen LogP contribution in [0.2, 0.25) is 0 Å². The van der Waals surface area contributed by atoms with Crippen molar-refractivity contribution in [2.24, 2.45) is 0 Å². The van der Waals surface area contributed by atoms with Gasteiger partial charge in [-0.1, -0.05) is 30.3 Å². The average Bonchev–Trinajstić information content (AvgIpc) is 3.21. The summed E-state index contributed by atoms with van der Waals surface area (Å²) in [6.45, 7) is 1.31. The predicted octanol–water partition coefficient (Wildman–Crippen LogP) is 1.51. The Labute approximate surface area is 127 Å². The molecule has 1 aromatic rings. The molecule has 2 aliphatic heterocycles. The molecular weight excluding hydrogens is 288 g/mol. The van der Waals surface area contributed by atoms with Gasteiger partial charge in [-0.05, 0) is 5.56 Å². The molecule has 1 saturated heterocycles. The fourth-order valence-electron chi connectivity index (χ4n) is 2.60. The van der Waals surface area contributed by atoms with E-state index >= 15 is 0 Å². The minimum atomic E-state index is -0.778. The molecule has 0 saturated carbocycles. The van der Waals surface area contributed by atoms with Crippen LogP contribution in [0.25, 0.3) is 0 Å². The number of methoxy groups -OCH3 is 1. The van der Waals surface area contributed by atoms with Gasteiger partial charge in [0, 0.05) is 6.92 Å². The Morgan fingerprint density at radius 2 is 2.00 bits per heavy atom. The van der Waals surface area contributed by atoms with Crippen LogP contribution >= 0.6 is 0 Å². The lowest BCUT2D eigenvalue weighted by molar-refractivity contribution is -0.161. The van der Waals surface area contributed by atoms with E-state index < -0.39 is 24.1 Å². The van der Waals surface area contributed by atoms with Crippen molar-refractivity contribution in [2.75, 3.05) is 7.11 Å². The Bertz CT molecular complexity index is 608. The minimum absolute atomic E-state index is 0.192. The van der Waals surface area contributed by atoms with Gasteiger partial charge in [-0.15, -0.1) is 0 Å². The fraction of sp³-hybridized carbons (Fsp3) is 0.375. The standard InChI is InChI=1S/C16H16O6/c1-9(17)20-16(14-11(19-2)8-12(18)21-14)15-13(22-15)10-6-4-3-5-7-10/h3-8,13-16H,1-2H3/t13-,14+,15+,16-/m0/s1. The van der Waals surface area contributed by atoms with Gasteiger partial charge in [-0.3, -0.25) is 4.79 Å². The first-order valence-corrected chi connectivity index (χ1v) is 6.94. The van der Waals surface area contributed by atoms with Crippen molar-refractivity contribution in [3.8, 4) is 0 Å². The Hall–Kier alpha value is -2.34. The number of cyclic esters (lactones) is 1. The third-order valence-corrected chi connectivity index (χ3v) is 3.60. The smallest absolute Gasteiger partial charge is 0.335 e. The van der Waals surface area contributed by atoms with Crippen LogP contribution in [-0.4, -0.2) is 37.4 Å². The molecule has 4 atom stereocenters. The van der Waals surface area contributed by atoms with E-state index in [2.05, 4.69) is 0 Å². The Kier molecular flexibility index (Phi) is 3.85. The van der Waals surface area contributed by atoms with Gasteiger partial charge in [0.15, 0.2) is 12.2 Å². The molecule has 1 aromatic carbocycles. The molecule has 0 aliphatic carbocycles. The van der Waals surface area contributed by atoms with Crippen LogP contribution in [0.3, 0.4) is 0 Å². The Balaban J connectivity index is 1.79. The molecule has 2 heterocycles. The number of epoxide rings is 1. The minimum Gasteiger partial charge on any atom is -0.497 e. The van der Waals surface area contributed by atoms with E-state index in [9.17, 15) is 9.59 Å². The number of ether oxygens (including phenoxy) is 4. The first kappa shape index (κ1) is 14.6. The molecular formula is C16H16O6. The summed E-state index contributed by atoms with van der Waals surface area (Å²) < 4.78 is 21.3. The Morgan fingerprint density at radius 1 is 1.27 bits per heavy atom. The zero-order valence-electron chi connectivity index (χ0n) is 12.2. The van der Waals surface area contributed by atoms with Crippen LogP contribution in [0.1, 0.15) is 18.6 Å². The van der Waals surface area contributed by atoms with Crippen molar-refractivity contribution < 1.29 is 28.5 Å². The highest BCUT2D eigenvalue weighted by molar-refractivity contribution is 5.85. The summed E-state index contributed by atoms with van der Waals surface area (Å²) in [6, 6.07) is 9.59. The highest BCUT2D eigenvalue weighted by atomic mass is 16.7. The zero-order valence-corrected chi connectivity index (χ0v) is 12.2. The van der Waals surface area contributed by atoms with E-state index in [1.807, 2.05) is 30.3 Å². The van der Waals surface area contributed by atoms with Crippen LogP contribution in [-0.2, 0) is 28.5 Å². The summed E-state index contributed by atoms with van der Waals surface area (Å²) in [6.07, 6.45) is -0.828. The molecule has 1 fully saturated rings. The van der Waals surface area contributed by atoms with E-state index in [0.29, 0.717) is 5.76 Å². The number of hydrogen-bond acceptors (Lipinski definition) is 6. The topological polar surface area (TPSA) is 74.4 Å². The quantitative estimate of drug-likeness (QED) is 0.606. The molecule has 3 rings (SSSR count). The van der Waals surface area contributed by atoms with Crippen molar-refractivity contribution in [3.63, 3.8) is 0 Å². The second-order valence-corrected chi connectivity index (χ2v) is 5.11. The maximum Gasteiger partial charge on any atom is 0.335 e. The van der Waals surface area contributed by atoms with E-state index in [1.54, 1.807) is 0 Å². The van der Waals surface area contributed by atoms with Crippen LogP contribution in [0.4, 0.5) is 0 Å². The lowest BCUT2D eigenvalue weighted by atomic mass is 10.0. The first-order chi connectivity index (χ1) is 10.6. The van der Waals surface area contributed by atoms with E-state index in [-0.39, 0.29) is 12.2 Å². The van der Waals surface area contributed by atoms with Gasteiger partial charge in [0.2, 0.25) is 0 Å². The van der Waals surface area contributed by atoms with Crippen molar-refractivity contribution in [3.05, 3.63) is 47.7 Å². The molecule has 22 heavy (non-hydrogen) atoms. The summed E-state index contributed by atoms with van der Waals surface area (Å²) in [5, 5.41) is 0. The van der Waals surface area contributed by atoms with Crippen LogP contribution < -0.4 is 0 Å². The third kappa shape index (κ3) is 2.82. The largest absolute Gasteiger partial charge is 0.497 e. The van der Waals surface area contributed by atoms with Gasteiger partial charge < -0.3 is 18.9 Å². The molecule has 0 aromatic heterocycles. The van der Waals surface area contributed by atoms with E-state index in [0.717, 1.165) is 5.56 Å². The SMILES string of the molecule is COC1=CC(=O)O[C@H]1[C@H](OC(C)=O)[C@@H]1O[C@H]1c1ccccc1. The molecule has 2 aliphatic rings. The number of carbonyl (C=O) groups excluding carboxylic acids is 2. The van der Waals surface area contributed by atoms with Crippen molar-refractivity contribution in [1.82, 2.24) is 0 Å². The number of benzene rings is 1. The van der Waals surface area contributed by atoms with Crippen molar-refractivity contribution in [2.45, 2.75) is 31.3 Å². The second kappa shape index (κ2) is 5.81. The molecule has 6 heteroatoms. The van der Waals surface area contributed by atoms with Gasteiger partial charge in [-0.25, -0.2) is 4.79 Å². The fourth-order valence-corrected chi connectivity index (χ4v) is 2.60. The maximum atomic E-state index is 11.4. The normalized spacial score (nSPS) is 27.6. The van der Waals surface area contributed by atoms with Gasteiger partial charge in [0.1, 0.15) is 18.0 Å². The molecule has 0 radical (unpaired) electrons. The lowest BCUT2D eigenvalue weighted by Crippen LogP contribution is -2.38. The monoisotopic (exact) mass is 304 g/mol. The maximum absolute atomic E-state index is 11.4. The van der Waals surface area contributed by atoms with Crippen molar-refractivity contribution in [1.29, 1.82) is 0 Å². The molecule has 0 N–H and O–H groups in total. The van der Waals surface area contributed by atoms with Gasteiger partial charge in [-0.2, -0.15) is 0 Å². The van der Waals surface area contributed by atoms with Crippen molar-refractivity contribution >= 4 is 11.9 Å². The molecule has 0 spiro atoms. The summed E-state index contributed by atoms with van der Waals surface area (Å²) in [5.74, 6) is -0.653. The number of carbonyl (C=O) groups is 2. The lowest BCUT2D eigenvalue weighted by Gasteiger charge is -2.22. The summed E-state index contributed by atoms with van der Waals surface area (Å²) in [4.78, 5) is 22.8. The average molecular weight is 304 g/mol. The van der Waals surface area contributed by atoms with E-state index in [4.69, 9.17) is 18.9 Å². The molecule has 0 bridgehead atoms. The molecule has 0 amide bonds. The summed E-state index contributed by atoms with van der Waals surface area (Å²) in [7, 11) is 1.44. The molecule has 0 unspecified atom stereocenters. The molecule has 6 nitrogen and oxygen atoms in total. The number of hydrogen-bond donors (Lipinski definition) is 0. The third-order valence-electron chi connectivity index (χ3n) is 3.60. The predicted molar refractivity (Wildman–Crippen MR) is 74.6 cm³/mol. The second-order valence-electron chi connectivity index (χ2n) is 5.11. The zero-order chi connectivity index (χ0) is 15.7. The molecule has 116 valence electrons. The van der Waals surface area contributed by atoms with Crippen LogP contribution in [0.5, 0.6) is 0 Å². The van der Waals surface area contributed by atoms with Crippen LogP contribution in [0.15, 0.2) is 42.2 Å². The number of rotatable bonds is 5. The highest BCUT2D eigenvalue weighted by Gasteiger charge is 2.54. The summed E-state index contributed by atoms with van der Waals surface area (Å²) in [5.41, 5.74) is 0.983. The van der Waals surface area contributed by atoms with Crippen LogP contribution in [0, 0.1) is 0 Å². The van der Waals surface area contributed by atoms with Gasteiger partial charge in [0.05, 0.1) is 13.2 Å². The van der Waals surface area contributed by atoms with E-state index in [1.165, 1.54) is 20.1 Å². The summed E-state index contributed by atoms with van der Waals surface area (Å²) >= 11 is 0. The highest BCUT2D eigenvalue weighted by Crippen LogP contribution is 2.44.